The van der Waals surface area contributed by atoms with Crippen LogP contribution in [0.15, 0.2) is 30.6 Å². The lowest BCUT2D eigenvalue weighted by Crippen LogP contribution is -2.25. The molecule has 0 bridgehead atoms. The number of aromatic nitrogens is 3. The summed E-state index contributed by atoms with van der Waals surface area (Å²) < 4.78 is 7.35. The Kier molecular flexibility index (Phi) is 5.52. The molecular weight excluding hydrogens is 280 g/mol. The molecule has 118 valence electrons. The van der Waals surface area contributed by atoms with Crippen LogP contribution in [0.4, 0.5) is 0 Å². The smallest absolute Gasteiger partial charge is 0.223 e. The first kappa shape index (κ1) is 16.0. The average molecular weight is 302 g/mol. The lowest BCUT2D eigenvalue weighted by Gasteiger charge is -2.09. The largest absolute Gasteiger partial charge is 0.493 e. The number of rotatable bonds is 7. The number of hydrogen-bond acceptors (Lipinski definition) is 4. The summed E-state index contributed by atoms with van der Waals surface area (Å²) in [6, 6.07) is 7.97. The Balaban J connectivity index is 1.69. The van der Waals surface area contributed by atoms with Gasteiger partial charge in [-0.2, -0.15) is 0 Å². The number of nitrogens with one attached hydrogen (secondary N) is 1. The van der Waals surface area contributed by atoms with Gasteiger partial charge in [-0.3, -0.25) is 4.79 Å². The minimum atomic E-state index is -0.0678. The van der Waals surface area contributed by atoms with E-state index in [4.69, 9.17) is 4.74 Å². The van der Waals surface area contributed by atoms with Crippen LogP contribution in [0.5, 0.6) is 5.75 Å². The van der Waals surface area contributed by atoms with Crippen LogP contribution in [-0.2, 0) is 18.4 Å². The van der Waals surface area contributed by atoms with Gasteiger partial charge in [0, 0.05) is 7.05 Å². The summed E-state index contributed by atoms with van der Waals surface area (Å²) in [5.74, 6) is 1.94. The molecule has 1 aromatic carbocycles. The van der Waals surface area contributed by atoms with E-state index in [2.05, 4.69) is 29.4 Å². The number of benzene rings is 1. The Morgan fingerprint density at radius 1 is 1.32 bits per heavy atom. The molecule has 2 rings (SSSR count). The van der Waals surface area contributed by atoms with Crippen LogP contribution in [0.25, 0.3) is 0 Å². The molecule has 1 aromatic heterocycles. The molecule has 22 heavy (non-hydrogen) atoms. The van der Waals surface area contributed by atoms with Crippen LogP contribution in [0, 0.1) is 0 Å². The topological polar surface area (TPSA) is 69.0 Å². The zero-order valence-corrected chi connectivity index (χ0v) is 13.2. The first-order chi connectivity index (χ1) is 10.6. The van der Waals surface area contributed by atoms with E-state index in [0.29, 0.717) is 25.5 Å². The molecule has 0 saturated heterocycles. The number of ether oxygens (including phenoxy) is 1. The molecule has 0 fully saturated rings. The van der Waals surface area contributed by atoms with Crippen molar-refractivity contribution in [1.29, 1.82) is 0 Å². The molecule has 0 spiro atoms. The summed E-state index contributed by atoms with van der Waals surface area (Å²) >= 11 is 0. The Hall–Kier alpha value is -2.37. The van der Waals surface area contributed by atoms with Crippen molar-refractivity contribution < 1.29 is 9.53 Å². The third-order valence-corrected chi connectivity index (χ3v) is 3.39. The molecule has 0 aliphatic heterocycles. The van der Waals surface area contributed by atoms with E-state index in [1.807, 2.05) is 31.3 Å². The molecule has 0 aliphatic carbocycles. The van der Waals surface area contributed by atoms with Gasteiger partial charge < -0.3 is 14.6 Å². The maximum absolute atomic E-state index is 11.7. The summed E-state index contributed by atoms with van der Waals surface area (Å²) in [5.41, 5.74) is 1.27. The van der Waals surface area contributed by atoms with E-state index in [9.17, 15) is 4.79 Å². The predicted octanol–water partition coefficient (Wildman–Crippen LogP) is 2.02. The molecule has 1 amide bonds. The standard InChI is InChI=1S/C16H22N4O2/c1-12(2)13-4-6-14(7-5-13)22-9-8-16(21)17-10-15-19-18-11-20(15)3/h4-7,11-12H,8-10H2,1-3H3,(H,17,21). The van der Waals surface area contributed by atoms with Crippen molar-refractivity contribution in [3.63, 3.8) is 0 Å². The zero-order chi connectivity index (χ0) is 15.9. The Labute approximate surface area is 130 Å². The summed E-state index contributed by atoms with van der Waals surface area (Å²) in [5, 5.41) is 10.5. The fourth-order valence-electron chi connectivity index (χ4n) is 1.94. The monoisotopic (exact) mass is 302 g/mol. The third-order valence-electron chi connectivity index (χ3n) is 3.39. The van der Waals surface area contributed by atoms with Crippen LogP contribution in [-0.4, -0.2) is 27.3 Å². The van der Waals surface area contributed by atoms with E-state index in [1.165, 1.54) is 5.56 Å². The van der Waals surface area contributed by atoms with Gasteiger partial charge in [0.2, 0.25) is 5.91 Å². The quantitative estimate of drug-likeness (QED) is 0.849. The molecule has 0 radical (unpaired) electrons. The molecule has 0 aliphatic rings. The highest BCUT2D eigenvalue weighted by molar-refractivity contribution is 5.75. The van der Waals surface area contributed by atoms with Crippen LogP contribution in [0.3, 0.4) is 0 Å². The highest BCUT2D eigenvalue weighted by atomic mass is 16.5. The second kappa shape index (κ2) is 7.59. The summed E-state index contributed by atoms with van der Waals surface area (Å²) in [6.07, 6.45) is 1.91. The molecule has 6 heteroatoms. The number of aryl methyl sites for hydroxylation is 1. The van der Waals surface area contributed by atoms with Crippen molar-refractivity contribution in [3.8, 4) is 5.75 Å². The van der Waals surface area contributed by atoms with E-state index >= 15 is 0 Å². The summed E-state index contributed by atoms with van der Waals surface area (Å²) in [4.78, 5) is 11.7. The SMILES string of the molecule is CC(C)c1ccc(OCCC(=O)NCc2nncn2C)cc1. The van der Waals surface area contributed by atoms with E-state index in [0.717, 1.165) is 11.6 Å². The van der Waals surface area contributed by atoms with Gasteiger partial charge in [-0.1, -0.05) is 26.0 Å². The van der Waals surface area contributed by atoms with Crippen molar-refractivity contribution in [2.75, 3.05) is 6.61 Å². The highest BCUT2D eigenvalue weighted by Gasteiger charge is 2.05. The van der Waals surface area contributed by atoms with Gasteiger partial charge in [0.1, 0.15) is 12.1 Å². The van der Waals surface area contributed by atoms with Crippen LogP contribution in [0.1, 0.15) is 37.6 Å². The number of hydrogen-bond donors (Lipinski definition) is 1. The summed E-state index contributed by atoms with van der Waals surface area (Å²) in [7, 11) is 1.84. The normalized spacial score (nSPS) is 10.7. The van der Waals surface area contributed by atoms with Crippen molar-refractivity contribution in [2.45, 2.75) is 32.7 Å². The predicted molar refractivity (Wildman–Crippen MR) is 83.5 cm³/mol. The lowest BCUT2D eigenvalue weighted by molar-refractivity contribution is -0.121. The van der Waals surface area contributed by atoms with Gasteiger partial charge in [-0.25, -0.2) is 0 Å². The highest BCUT2D eigenvalue weighted by Crippen LogP contribution is 2.18. The molecule has 0 unspecified atom stereocenters. The molecule has 6 nitrogen and oxygen atoms in total. The van der Waals surface area contributed by atoms with Crippen molar-refractivity contribution in [1.82, 2.24) is 20.1 Å². The molecule has 1 heterocycles. The molecular formula is C16H22N4O2. The maximum atomic E-state index is 11.7. The third kappa shape index (κ3) is 4.58. The number of carbonyl (C=O) groups excluding carboxylic acids is 1. The number of amides is 1. The molecule has 2 aromatic rings. The van der Waals surface area contributed by atoms with Crippen molar-refractivity contribution >= 4 is 5.91 Å². The fraction of sp³-hybridized carbons (Fsp3) is 0.438. The Morgan fingerprint density at radius 3 is 2.64 bits per heavy atom. The maximum Gasteiger partial charge on any atom is 0.223 e. The van der Waals surface area contributed by atoms with Crippen LogP contribution < -0.4 is 10.1 Å². The first-order valence-electron chi connectivity index (χ1n) is 7.38. The van der Waals surface area contributed by atoms with E-state index < -0.39 is 0 Å². The van der Waals surface area contributed by atoms with Crippen LogP contribution >= 0.6 is 0 Å². The van der Waals surface area contributed by atoms with Gasteiger partial charge in [0.15, 0.2) is 5.82 Å². The van der Waals surface area contributed by atoms with Crippen LogP contribution in [0.2, 0.25) is 0 Å². The van der Waals surface area contributed by atoms with Gasteiger partial charge in [-0.05, 0) is 23.6 Å². The second-order valence-corrected chi connectivity index (χ2v) is 5.46. The number of nitrogens with zero attached hydrogens (tertiary/aromatic N) is 3. The van der Waals surface area contributed by atoms with E-state index in [1.54, 1.807) is 10.9 Å². The minimum absolute atomic E-state index is 0.0678. The number of carbonyl (C=O) groups is 1. The summed E-state index contributed by atoms with van der Waals surface area (Å²) in [6.45, 7) is 5.03. The molecule has 0 saturated carbocycles. The molecule has 0 atom stereocenters. The van der Waals surface area contributed by atoms with Gasteiger partial charge >= 0.3 is 0 Å². The minimum Gasteiger partial charge on any atom is -0.493 e. The van der Waals surface area contributed by atoms with E-state index in [-0.39, 0.29) is 5.91 Å². The Morgan fingerprint density at radius 2 is 2.05 bits per heavy atom. The fourth-order valence-corrected chi connectivity index (χ4v) is 1.94. The second-order valence-electron chi connectivity index (χ2n) is 5.46. The van der Waals surface area contributed by atoms with Gasteiger partial charge in [-0.15, -0.1) is 10.2 Å². The average Bonchev–Trinajstić information content (AvgIpc) is 2.91. The van der Waals surface area contributed by atoms with Gasteiger partial charge in [0.05, 0.1) is 19.6 Å². The Bertz CT molecular complexity index is 605. The van der Waals surface area contributed by atoms with Gasteiger partial charge in [0.25, 0.3) is 0 Å². The van der Waals surface area contributed by atoms with Crippen molar-refractivity contribution in [3.05, 3.63) is 42.0 Å². The zero-order valence-electron chi connectivity index (χ0n) is 13.2. The molecule has 1 N–H and O–H groups in total. The first-order valence-corrected chi connectivity index (χ1v) is 7.38. The van der Waals surface area contributed by atoms with Crippen molar-refractivity contribution in [2.24, 2.45) is 7.05 Å². The lowest BCUT2D eigenvalue weighted by atomic mass is 10.0.